The first kappa shape index (κ1) is 49.5. The van der Waals surface area contributed by atoms with Gasteiger partial charge in [0.25, 0.3) is 15.9 Å². The van der Waals surface area contributed by atoms with E-state index in [0.717, 1.165) is 30.3 Å². The van der Waals surface area contributed by atoms with Crippen molar-refractivity contribution in [3.05, 3.63) is 94.0 Å². The number of carboxylic acids is 1. The highest BCUT2D eigenvalue weighted by molar-refractivity contribution is 7.90. The number of hydrogen-bond acceptors (Lipinski definition) is 14. The molecule has 0 saturated heterocycles. The summed E-state index contributed by atoms with van der Waals surface area (Å²) in [6, 6.07) is 9.49. The number of aryl methyl sites for hydroxylation is 4. The van der Waals surface area contributed by atoms with E-state index in [1.807, 2.05) is 4.72 Å². The molecule has 6 aromatic heterocycles. The fourth-order valence-electron chi connectivity index (χ4n) is 8.16. The van der Waals surface area contributed by atoms with Gasteiger partial charge in [-0.25, -0.2) is 50.8 Å². The van der Waals surface area contributed by atoms with Crippen LogP contribution >= 0.6 is 23.2 Å². The average molecular weight is 1030 g/mol. The molecule has 4 aliphatic rings. The Kier molecular flexibility index (Phi) is 14.5. The number of carboxylic acid groups (broad SMARTS) is 1. The number of sulfonamides is 2. The number of aromatic nitrogens is 10. The van der Waals surface area contributed by atoms with Crippen LogP contribution in [-0.4, -0.2) is 96.1 Å². The van der Waals surface area contributed by atoms with Crippen LogP contribution in [0.1, 0.15) is 83.5 Å². The molecular weight excluding hydrogens is 976 g/mol. The lowest BCUT2D eigenvalue weighted by molar-refractivity contribution is 0.0696. The van der Waals surface area contributed by atoms with Crippen LogP contribution in [0.25, 0.3) is 11.6 Å². The second-order valence-corrected chi connectivity index (χ2v) is 21.7. The second-order valence-electron chi connectivity index (χ2n) is 17.8. The van der Waals surface area contributed by atoms with Crippen molar-refractivity contribution >= 4 is 55.1 Å². The van der Waals surface area contributed by atoms with E-state index in [9.17, 15) is 26.4 Å². The molecule has 4 aliphatic carbocycles. The minimum absolute atomic E-state index is 0.0271. The monoisotopic (exact) mass is 1030 g/mol. The lowest BCUT2D eigenvalue weighted by atomic mass is 9.99. The maximum Gasteiger partial charge on any atom is 0.338 e. The maximum atomic E-state index is 12.6. The lowest BCUT2D eigenvalue weighted by Gasteiger charge is -2.14. The molecule has 4 N–H and O–H groups in total. The molecule has 21 nitrogen and oxygen atoms in total. The first-order valence-corrected chi connectivity index (χ1v) is 26.1. The summed E-state index contributed by atoms with van der Waals surface area (Å²) in [5, 5.41) is 30.3. The van der Waals surface area contributed by atoms with Crippen LogP contribution in [-0.2, 0) is 34.1 Å². The number of halogens is 2. The molecule has 0 bridgehead atoms. The molecule has 6 heterocycles. The van der Waals surface area contributed by atoms with Gasteiger partial charge in [-0.2, -0.15) is 10.2 Å². The Balaban J connectivity index is 0.000000158. The Morgan fingerprint density at radius 2 is 1.09 bits per heavy atom. The summed E-state index contributed by atoms with van der Waals surface area (Å²) in [6.07, 6.45) is 16.6. The van der Waals surface area contributed by atoms with Crippen molar-refractivity contribution in [1.82, 2.24) is 53.8 Å². The van der Waals surface area contributed by atoms with Crippen molar-refractivity contribution in [2.24, 2.45) is 54.7 Å². The molecule has 0 atom stereocenters. The van der Waals surface area contributed by atoms with Crippen molar-refractivity contribution in [1.29, 1.82) is 0 Å². The van der Waals surface area contributed by atoms with Gasteiger partial charge in [0.1, 0.15) is 20.1 Å². The minimum Gasteiger partial charge on any atom is -0.478 e. The van der Waals surface area contributed by atoms with Gasteiger partial charge < -0.3 is 14.6 Å². The van der Waals surface area contributed by atoms with Gasteiger partial charge in [0.05, 0.1) is 35.7 Å². The molecule has 0 spiro atoms. The summed E-state index contributed by atoms with van der Waals surface area (Å²) in [5.74, 6) is 4.44. The number of rotatable bonds is 17. The SMILES string of the molecule is Cc1nn(C)cc1S(=O)(=O)NC(=O)c1ccc(-n2ccc(OCC(C3CC3)C3CC3)n2)nc1Cl.Cc1nn(C)cc1S(N)(=O)=O.O=C(O)c1ccc(-n2ccc(OCC(C3CC3)C3CC3)n2)nc1Cl. The number of ether oxygens (including phenoxy) is 2. The highest BCUT2D eigenvalue weighted by Crippen LogP contribution is 2.50. The van der Waals surface area contributed by atoms with Gasteiger partial charge in [-0.15, -0.1) is 10.2 Å². The highest BCUT2D eigenvalue weighted by atomic mass is 35.5. The normalized spacial score (nSPS) is 15.8. The van der Waals surface area contributed by atoms with E-state index in [4.69, 9.17) is 42.9 Å². The number of nitrogens with two attached hydrogens (primary N) is 1. The fraction of sp³-hybridized carbons (Fsp3) is 0.455. The third-order valence-corrected chi connectivity index (χ3v) is 15.3. The summed E-state index contributed by atoms with van der Waals surface area (Å²) in [4.78, 5) is 31.9. The maximum absolute atomic E-state index is 12.6. The number of nitrogens with zero attached hydrogens (tertiary/aromatic N) is 10. The number of aromatic carboxylic acids is 1. The zero-order valence-corrected chi connectivity index (χ0v) is 41.3. The molecule has 10 rings (SSSR count). The van der Waals surface area contributed by atoms with E-state index in [1.54, 1.807) is 58.5 Å². The predicted molar refractivity (Wildman–Crippen MR) is 250 cm³/mol. The fourth-order valence-corrected chi connectivity index (χ4v) is 10.6. The van der Waals surface area contributed by atoms with Crippen LogP contribution in [0.3, 0.4) is 0 Å². The first-order valence-electron chi connectivity index (χ1n) is 22.3. The van der Waals surface area contributed by atoms with Crippen LogP contribution in [0.15, 0.2) is 71.0 Å². The quantitative estimate of drug-likeness (QED) is 0.0924. The molecule has 0 unspecified atom stereocenters. The smallest absolute Gasteiger partial charge is 0.338 e. The Morgan fingerprint density at radius 3 is 1.42 bits per heavy atom. The van der Waals surface area contributed by atoms with Crippen LogP contribution < -0.4 is 19.3 Å². The van der Waals surface area contributed by atoms with E-state index >= 15 is 0 Å². The van der Waals surface area contributed by atoms with Crippen LogP contribution in [0.4, 0.5) is 0 Å². The van der Waals surface area contributed by atoms with Gasteiger partial charge in [0.2, 0.25) is 21.8 Å². The van der Waals surface area contributed by atoms with E-state index in [2.05, 4.69) is 30.4 Å². The molecule has 4 saturated carbocycles. The van der Waals surface area contributed by atoms with Gasteiger partial charge in [-0.05, 0) is 125 Å². The molecule has 4 fully saturated rings. The average Bonchev–Trinajstić information content (AvgIpc) is 4.11. The zero-order valence-electron chi connectivity index (χ0n) is 38.1. The van der Waals surface area contributed by atoms with Gasteiger partial charge in [0.15, 0.2) is 11.6 Å². The van der Waals surface area contributed by atoms with Crippen LogP contribution in [0, 0.1) is 49.4 Å². The molecule has 368 valence electrons. The number of amides is 1. The number of pyridine rings is 2. The minimum atomic E-state index is -4.11. The topological polar surface area (TPSA) is 276 Å². The Bertz CT molecular complexity index is 3060. The van der Waals surface area contributed by atoms with Gasteiger partial charge >= 0.3 is 5.97 Å². The third kappa shape index (κ3) is 12.7. The molecule has 25 heteroatoms. The predicted octanol–water partition coefficient (Wildman–Crippen LogP) is 5.71. The zero-order chi connectivity index (χ0) is 49.4. The molecule has 1 amide bonds. The number of hydrogen-bond donors (Lipinski definition) is 3. The third-order valence-electron chi connectivity index (χ3n) is 12.3. The van der Waals surface area contributed by atoms with E-state index in [1.165, 1.54) is 101 Å². The summed E-state index contributed by atoms with van der Waals surface area (Å²) in [5.41, 5.74) is 0.603. The second kappa shape index (κ2) is 20.2. The number of carbonyl (C=O) groups is 2. The molecular formula is C44H52Cl2N12O9S2. The van der Waals surface area contributed by atoms with E-state index < -0.39 is 31.9 Å². The van der Waals surface area contributed by atoms with Gasteiger partial charge in [-0.1, -0.05) is 23.2 Å². The molecule has 0 aliphatic heterocycles. The van der Waals surface area contributed by atoms with Crippen molar-refractivity contribution < 1.29 is 41.0 Å². The highest BCUT2D eigenvalue weighted by Gasteiger charge is 2.43. The summed E-state index contributed by atoms with van der Waals surface area (Å²) < 4.78 is 66.4. The van der Waals surface area contributed by atoms with Gasteiger partial charge in [0, 0.05) is 51.0 Å². The largest absolute Gasteiger partial charge is 0.478 e. The molecule has 69 heavy (non-hydrogen) atoms. The Labute approximate surface area is 408 Å². The van der Waals surface area contributed by atoms with Crippen molar-refractivity contribution in [3.63, 3.8) is 0 Å². The standard InChI is InChI=1S/C22H25ClN6O4S.C17H18ClN3O3.C5H9N3O2S/c1-13-18(11-28(2)25-13)34(31,32)27-22(30)16-7-8-19(24-21(16)23)29-10-9-20(26-29)33-12-17(14-3-4-14)15-5-6-15;18-16-12(17(22)23)5-6-14(19-16)21-8-7-15(20-21)24-9-13(10-1-2-10)11-3-4-11;1-4-5(11(6,9)10)3-8(2)7-4/h7-11,14-15,17H,3-6,12H2,1-2H3,(H,27,30);5-8,10-11,13H,1-4,9H2,(H,22,23);3H,1-2H3,(H2,6,9,10). The Morgan fingerprint density at radius 1 is 0.681 bits per heavy atom. The number of carbonyl (C=O) groups excluding carboxylic acids is 1. The van der Waals surface area contributed by atoms with Crippen molar-refractivity contribution in [2.45, 2.75) is 75.0 Å². The summed E-state index contributed by atoms with van der Waals surface area (Å²) >= 11 is 12.1. The van der Waals surface area contributed by atoms with Crippen molar-refractivity contribution in [3.8, 4) is 23.4 Å². The van der Waals surface area contributed by atoms with Crippen molar-refractivity contribution in [2.75, 3.05) is 13.2 Å². The lowest BCUT2D eigenvalue weighted by Crippen LogP contribution is -2.31. The van der Waals surface area contributed by atoms with E-state index in [-0.39, 0.29) is 36.9 Å². The first-order chi connectivity index (χ1) is 32.7. The number of primary sulfonamides is 1. The molecule has 0 radical (unpaired) electrons. The summed E-state index contributed by atoms with van der Waals surface area (Å²) in [6.45, 7) is 4.53. The summed E-state index contributed by atoms with van der Waals surface area (Å²) in [7, 11) is -4.47. The van der Waals surface area contributed by atoms with Crippen LogP contribution in [0.5, 0.6) is 11.8 Å². The van der Waals surface area contributed by atoms with Gasteiger partial charge in [-0.3, -0.25) is 14.2 Å². The molecule has 0 aromatic carbocycles. The Hall–Kier alpha value is -5.88. The van der Waals surface area contributed by atoms with E-state index in [0.29, 0.717) is 47.5 Å². The molecule has 6 aromatic rings. The number of nitrogens with one attached hydrogen (secondary N) is 1. The van der Waals surface area contributed by atoms with Crippen LogP contribution in [0.2, 0.25) is 10.3 Å².